The third-order valence-corrected chi connectivity index (χ3v) is 13.2. The summed E-state index contributed by atoms with van der Waals surface area (Å²) in [6.45, 7) is 4.65. The minimum atomic E-state index is -0.171. The Morgan fingerprint density at radius 3 is 1.54 bits per heavy atom. The second-order valence-corrected chi connectivity index (χ2v) is 16.7. The van der Waals surface area contributed by atoms with Gasteiger partial charge >= 0.3 is 0 Å². The maximum absolute atomic E-state index is 6.99. The molecule has 1 aliphatic rings. The van der Waals surface area contributed by atoms with Gasteiger partial charge in [0.1, 0.15) is 22.3 Å². The molecule has 0 unspecified atom stereocenters. The van der Waals surface area contributed by atoms with Crippen LogP contribution < -0.4 is 0 Å². The topological polar surface area (TPSA) is 26.3 Å². The highest BCUT2D eigenvalue weighted by atomic mass is 16.3. The summed E-state index contributed by atoms with van der Waals surface area (Å²) in [6, 6.07) is 66.2. The zero-order valence-corrected chi connectivity index (χ0v) is 32.6. The molecular weight excluding hydrogens is 717 g/mol. The van der Waals surface area contributed by atoms with Gasteiger partial charge in [-0.2, -0.15) is 0 Å². The number of benzene rings is 10. The van der Waals surface area contributed by atoms with E-state index in [1.807, 2.05) is 0 Å². The van der Waals surface area contributed by atoms with E-state index in [0.717, 1.165) is 65.8 Å². The molecule has 276 valence electrons. The molecule has 0 saturated heterocycles. The van der Waals surface area contributed by atoms with Crippen molar-refractivity contribution < 1.29 is 8.83 Å². The normalized spacial score (nSPS) is 13.4. The average molecular weight is 753 g/mol. The molecule has 0 spiro atoms. The molecule has 2 heterocycles. The van der Waals surface area contributed by atoms with E-state index in [1.165, 1.54) is 66.1 Å². The SMILES string of the molecule is CC1(C)c2ccccc2-c2ccc3c(oc4c5ccccc5c(-c5ccc6c(c5)oc5cc(-c7c8ccccc8c(-c8ccccc8)c8ccccc78)ccc56)cc34)c21. The van der Waals surface area contributed by atoms with Crippen molar-refractivity contribution in [2.75, 3.05) is 0 Å². The van der Waals surface area contributed by atoms with Crippen molar-refractivity contribution in [2.24, 2.45) is 0 Å². The van der Waals surface area contributed by atoms with E-state index in [4.69, 9.17) is 8.83 Å². The molecule has 0 fully saturated rings. The first kappa shape index (κ1) is 32.6. The van der Waals surface area contributed by atoms with E-state index in [-0.39, 0.29) is 5.41 Å². The Balaban J connectivity index is 0.990. The highest BCUT2D eigenvalue weighted by molar-refractivity contribution is 6.23. The van der Waals surface area contributed by atoms with Gasteiger partial charge in [0.25, 0.3) is 0 Å². The fourth-order valence-electron chi connectivity index (χ4n) is 10.6. The van der Waals surface area contributed by atoms with Crippen LogP contribution in [0.1, 0.15) is 25.0 Å². The van der Waals surface area contributed by atoms with Crippen LogP contribution in [-0.2, 0) is 5.41 Å². The lowest BCUT2D eigenvalue weighted by Crippen LogP contribution is -2.15. The zero-order chi connectivity index (χ0) is 39.0. The number of hydrogen-bond acceptors (Lipinski definition) is 2. The van der Waals surface area contributed by atoms with Gasteiger partial charge in [-0.3, -0.25) is 0 Å². The molecule has 0 atom stereocenters. The van der Waals surface area contributed by atoms with E-state index < -0.39 is 0 Å². The summed E-state index contributed by atoms with van der Waals surface area (Å²) in [6.07, 6.45) is 0. The first-order chi connectivity index (χ1) is 29.0. The molecule has 2 nitrogen and oxygen atoms in total. The minimum Gasteiger partial charge on any atom is -0.456 e. The summed E-state index contributed by atoms with van der Waals surface area (Å²) >= 11 is 0. The van der Waals surface area contributed by atoms with Crippen LogP contribution in [0, 0.1) is 0 Å². The fraction of sp³-hybridized carbons (Fsp3) is 0.0526. The highest BCUT2D eigenvalue weighted by Gasteiger charge is 2.38. The molecule has 0 N–H and O–H groups in total. The number of hydrogen-bond donors (Lipinski definition) is 0. The Morgan fingerprint density at radius 2 is 0.847 bits per heavy atom. The first-order valence-corrected chi connectivity index (χ1v) is 20.5. The Bertz CT molecular complexity index is 3690. The van der Waals surface area contributed by atoms with E-state index in [1.54, 1.807) is 0 Å². The maximum atomic E-state index is 6.99. The summed E-state index contributed by atoms with van der Waals surface area (Å²) in [7, 11) is 0. The molecular formula is C57H36O2. The first-order valence-electron chi connectivity index (χ1n) is 20.5. The molecule has 1 aliphatic carbocycles. The summed E-state index contributed by atoms with van der Waals surface area (Å²) in [4.78, 5) is 0. The van der Waals surface area contributed by atoms with Crippen molar-refractivity contribution >= 4 is 76.2 Å². The van der Waals surface area contributed by atoms with Gasteiger partial charge in [0.15, 0.2) is 0 Å². The lowest BCUT2D eigenvalue weighted by molar-refractivity contribution is 0.621. The van der Waals surface area contributed by atoms with Crippen LogP contribution >= 0.6 is 0 Å². The molecule has 12 aromatic rings. The van der Waals surface area contributed by atoms with Crippen LogP contribution in [0.4, 0.5) is 0 Å². The largest absolute Gasteiger partial charge is 0.456 e. The van der Waals surface area contributed by atoms with E-state index in [0.29, 0.717) is 0 Å². The lowest BCUT2D eigenvalue weighted by Gasteiger charge is -2.21. The average Bonchev–Trinajstić information content (AvgIpc) is 3.92. The number of fused-ring (bicyclic) bond motifs is 14. The van der Waals surface area contributed by atoms with Crippen molar-refractivity contribution in [3.8, 4) is 44.5 Å². The van der Waals surface area contributed by atoms with Crippen LogP contribution in [0.25, 0.3) is 121 Å². The molecule has 0 radical (unpaired) electrons. The van der Waals surface area contributed by atoms with Crippen molar-refractivity contribution in [3.63, 3.8) is 0 Å². The van der Waals surface area contributed by atoms with Gasteiger partial charge in [0.05, 0.1) is 0 Å². The standard InChI is InChI=1S/C57H36O2/c1-57(2)49-23-13-12-17-37(49)44-28-29-46-48-32-47(36-16-6-11-22-45(36)55(48)59-56(46)54(44)57)34-24-26-38-39-27-25-35(31-51(39)58-50(38)30-34)53-42-20-9-7-18-40(42)52(33-14-4-3-5-15-33)41-19-8-10-21-43(41)53/h3-32H,1-2H3. The van der Waals surface area contributed by atoms with Crippen LogP contribution in [-0.4, -0.2) is 0 Å². The van der Waals surface area contributed by atoms with E-state index in [9.17, 15) is 0 Å². The molecule has 0 amide bonds. The van der Waals surface area contributed by atoms with Crippen molar-refractivity contribution in [2.45, 2.75) is 19.3 Å². The molecule has 2 heteroatoms. The Labute approximate surface area is 340 Å². The van der Waals surface area contributed by atoms with Crippen LogP contribution in [0.2, 0.25) is 0 Å². The van der Waals surface area contributed by atoms with Gasteiger partial charge in [-0.25, -0.2) is 0 Å². The quantitative estimate of drug-likeness (QED) is 0.168. The van der Waals surface area contributed by atoms with Crippen LogP contribution in [0.5, 0.6) is 0 Å². The second kappa shape index (κ2) is 11.8. The lowest BCUT2D eigenvalue weighted by atomic mass is 9.82. The van der Waals surface area contributed by atoms with Gasteiger partial charge in [0, 0.05) is 37.9 Å². The fourth-order valence-corrected chi connectivity index (χ4v) is 10.6. The molecule has 59 heavy (non-hydrogen) atoms. The summed E-state index contributed by atoms with van der Waals surface area (Å²) < 4.78 is 13.8. The third kappa shape index (κ3) is 4.46. The molecule has 0 bridgehead atoms. The zero-order valence-electron chi connectivity index (χ0n) is 32.6. The van der Waals surface area contributed by atoms with Gasteiger partial charge in [-0.05, 0) is 113 Å². The van der Waals surface area contributed by atoms with Gasteiger partial charge in [0.2, 0.25) is 0 Å². The molecule has 0 saturated carbocycles. The Kier molecular flexibility index (Phi) is 6.54. The number of rotatable bonds is 3. The predicted octanol–water partition coefficient (Wildman–Crippen LogP) is 16.3. The third-order valence-electron chi connectivity index (χ3n) is 13.2. The summed E-state index contributed by atoms with van der Waals surface area (Å²) in [5.74, 6) is 0. The highest BCUT2D eigenvalue weighted by Crippen LogP contribution is 2.53. The number of furan rings is 2. The van der Waals surface area contributed by atoms with Crippen molar-refractivity contribution in [1.29, 1.82) is 0 Å². The summed E-state index contributed by atoms with van der Waals surface area (Å²) in [5, 5.41) is 11.7. The molecule has 0 aliphatic heterocycles. The minimum absolute atomic E-state index is 0.171. The van der Waals surface area contributed by atoms with Gasteiger partial charge in [-0.1, -0.05) is 159 Å². The maximum Gasteiger partial charge on any atom is 0.143 e. The molecule has 13 rings (SSSR count). The monoisotopic (exact) mass is 752 g/mol. The smallest absolute Gasteiger partial charge is 0.143 e. The second-order valence-electron chi connectivity index (χ2n) is 16.7. The van der Waals surface area contributed by atoms with Crippen LogP contribution in [0.3, 0.4) is 0 Å². The Hall–Kier alpha value is -7.42. The molecule has 10 aromatic carbocycles. The van der Waals surface area contributed by atoms with Crippen LogP contribution in [0.15, 0.2) is 191 Å². The Morgan fingerprint density at radius 1 is 0.322 bits per heavy atom. The van der Waals surface area contributed by atoms with Crippen molar-refractivity contribution in [1.82, 2.24) is 0 Å². The summed E-state index contributed by atoms with van der Waals surface area (Å²) in [5.41, 5.74) is 15.8. The van der Waals surface area contributed by atoms with Crippen molar-refractivity contribution in [3.05, 3.63) is 193 Å². The predicted molar refractivity (Wildman–Crippen MR) is 247 cm³/mol. The van der Waals surface area contributed by atoms with Gasteiger partial charge in [-0.15, -0.1) is 0 Å². The van der Waals surface area contributed by atoms with Gasteiger partial charge < -0.3 is 8.83 Å². The van der Waals surface area contributed by atoms with E-state index in [2.05, 4.69) is 196 Å². The van der Waals surface area contributed by atoms with E-state index >= 15 is 0 Å². The molecule has 2 aromatic heterocycles.